The third-order valence-electron chi connectivity index (χ3n) is 3.66. The Bertz CT molecular complexity index is 457. The third kappa shape index (κ3) is 5.38. The van der Waals surface area contributed by atoms with Crippen molar-refractivity contribution in [2.45, 2.75) is 52.6 Å². The monoisotopic (exact) mass is 293 g/mol. The first-order valence-corrected chi connectivity index (χ1v) is 7.63. The number of rotatable bonds is 9. The minimum Gasteiger partial charge on any atom is -0.496 e. The van der Waals surface area contributed by atoms with E-state index in [1.54, 1.807) is 6.07 Å². The molecule has 0 unspecified atom stereocenters. The average Bonchev–Trinajstić information content (AvgIpc) is 2.45. The third-order valence-corrected chi connectivity index (χ3v) is 3.66. The van der Waals surface area contributed by atoms with Gasteiger partial charge in [-0.3, -0.25) is 4.90 Å². The number of ether oxygens (including phenoxy) is 1. The fourth-order valence-electron chi connectivity index (χ4n) is 2.33. The standard InChI is InChI=1S/C17H27NO3/c1-5-6-7-10-18(13(2)3)12-14-8-9-15(17(19)20)16(11-14)21-4/h8-9,11,13H,5-7,10,12H2,1-4H3,(H,19,20). The van der Waals surface area contributed by atoms with Crippen LogP contribution in [0.25, 0.3) is 0 Å². The Morgan fingerprint density at radius 1 is 1.33 bits per heavy atom. The van der Waals surface area contributed by atoms with E-state index in [0.717, 1.165) is 18.7 Å². The molecule has 0 fully saturated rings. The van der Waals surface area contributed by atoms with Gasteiger partial charge in [0.25, 0.3) is 0 Å². The topological polar surface area (TPSA) is 49.8 Å². The summed E-state index contributed by atoms with van der Waals surface area (Å²) in [6, 6.07) is 5.80. The highest BCUT2D eigenvalue weighted by Crippen LogP contribution is 2.22. The fraction of sp³-hybridized carbons (Fsp3) is 0.588. The lowest BCUT2D eigenvalue weighted by atomic mass is 10.1. The first-order chi connectivity index (χ1) is 9.99. The first kappa shape index (κ1) is 17.5. The molecule has 0 atom stereocenters. The summed E-state index contributed by atoms with van der Waals surface area (Å²) in [4.78, 5) is 13.5. The van der Waals surface area contributed by atoms with Crippen molar-refractivity contribution < 1.29 is 14.6 Å². The Morgan fingerprint density at radius 3 is 2.57 bits per heavy atom. The van der Waals surface area contributed by atoms with Crippen LogP contribution in [0.3, 0.4) is 0 Å². The normalized spacial score (nSPS) is 11.1. The van der Waals surface area contributed by atoms with Crippen molar-refractivity contribution in [2.24, 2.45) is 0 Å². The smallest absolute Gasteiger partial charge is 0.339 e. The van der Waals surface area contributed by atoms with Crippen LogP contribution in [-0.2, 0) is 6.54 Å². The minimum absolute atomic E-state index is 0.211. The Morgan fingerprint density at radius 2 is 2.05 bits per heavy atom. The fourth-order valence-corrected chi connectivity index (χ4v) is 2.33. The molecule has 0 aliphatic rings. The summed E-state index contributed by atoms with van der Waals surface area (Å²) in [5.41, 5.74) is 1.30. The van der Waals surface area contributed by atoms with E-state index in [2.05, 4.69) is 25.7 Å². The maximum Gasteiger partial charge on any atom is 0.339 e. The molecule has 0 saturated heterocycles. The van der Waals surface area contributed by atoms with Gasteiger partial charge in [0.05, 0.1) is 7.11 Å². The summed E-state index contributed by atoms with van der Waals surface area (Å²) in [6.45, 7) is 8.46. The summed E-state index contributed by atoms with van der Waals surface area (Å²) >= 11 is 0. The molecule has 0 aromatic heterocycles. The number of carboxylic acids is 1. The lowest BCUT2D eigenvalue weighted by molar-refractivity contribution is 0.0693. The van der Waals surface area contributed by atoms with Crippen molar-refractivity contribution in [3.8, 4) is 5.75 Å². The molecule has 0 aliphatic carbocycles. The van der Waals surface area contributed by atoms with Crippen LogP contribution in [-0.4, -0.2) is 35.7 Å². The van der Waals surface area contributed by atoms with Crippen molar-refractivity contribution in [1.82, 2.24) is 4.90 Å². The van der Waals surface area contributed by atoms with E-state index in [4.69, 9.17) is 9.84 Å². The summed E-state index contributed by atoms with van der Waals surface area (Å²) < 4.78 is 5.19. The number of hydrogen-bond acceptors (Lipinski definition) is 3. The molecule has 1 N–H and O–H groups in total. The molecule has 0 bridgehead atoms. The van der Waals surface area contributed by atoms with E-state index in [9.17, 15) is 4.79 Å². The predicted octanol–water partition coefficient (Wildman–Crippen LogP) is 3.79. The van der Waals surface area contributed by atoms with Gasteiger partial charge in [-0.25, -0.2) is 4.79 Å². The number of methoxy groups -OCH3 is 1. The number of aromatic carboxylic acids is 1. The van der Waals surface area contributed by atoms with Crippen LogP contribution in [0.2, 0.25) is 0 Å². The van der Waals surface area contributed by atoms with E-state index in [0.29, 0.717) is 11.8 Å². The van der Waals surface area contributed by atoms with Crippen LogP contribution in [0.4, 0.5) is 0 Å². The molecule has 0 saturated carbocycles. The maximum atomic E-state index is 11.1. The van der Waals surface area contributed by atoms with Gasteiger partial charge in [0.1, 0.15) is 11.3 Å². The lowest BCUT2D eigenvalue weighted by Crippen LogP contribution is -2.31. The molecular weight excluding hydrogens is 266 g/mol. The SMILES string of the molecule is CCCCCN(Cc1ccc(C(=O)O)c(OC)c1)C(C)C. The molecule has 1 aromatic carbocycles. The van der Waals surface area contributed by atoms with Gasteiger partial charge in [-0.1, -0.05) is 25.8 Å². The molecular formula is C17H27NO3. The van der Waals surface area contributed by atoms with Crippen molar-refractivity contribution in [2.75, 3.05) is 13.7 Å². The maximum absolute atomic E-state index is 11.1. The zero-order chi connectivity index (χ0) is 15.8. The van der Waals surface area contributed by atoms with Crippen molar-refractivity contribution in [3.63, 3.8) is 0 Å². The van der Waals surface area contributed by atoms with Crippen LogP contribution in [0.15, 0.2) is 18.2 Å². The zero-order valence-corrected chi connectivity index (χ0v) is 13.6. The van der Waals surface area contributed by atoms with Gasteiger partial charge in [-0.2, -0.15) is 0 Å². The summed E-state index contributed by atoms with van der Waals surface area (Å²) in [7, 11) is 1.51. The van der Waals surface area contributed by atoms with E-state index in [1.807, 2.05) is 12.1 Å². The van der Waals surface area contributed by atoms with Crippen LogP contribution in [0, 0.1) is 0 Å². The summed E-state index contributed by atoms with van der Waals surface area (Å²) in [5, 5.41) is 9.11. The summed E-state index contributed by atoms with van der Waals surface area (Å²) in [6.07, 6.45) is 3.65. The lowest BCUT2D eigenvalue weighted by Gasteiger charge is -2.26. The second kappa shape index (κ2) is 8.67. The molecule has 118 valence electrons. The van der Waals surface area contributed by atoms with E-state index >= 15 is 0 Å². The Hall–Kier alpha value is -1.55. The minimum atomic E-state index is -0.956. The Kier molecular flexibility index (Phi) is 7.23. The summed E-state index contributed by atoms with van der Waals surface area (Å²) in [5.74, 6) is -0.528. The van der Waals surface area contributed by atoms with Gasteiger partial charge in [0.2, 0.25) is 0 Å². The largest absolute Gasteiger partial charge is 0.496 e. The van der Waals surface area contributed by atoms with E-state index in [1.165, 1.54) is 26.4 Å². The molecule has 21 heavy (non-hydrogen) atoms. The molecule has 0 aliphatic heterocycles. The van der Waals surface area contributed by atoms with Crippen LogP contribution in [0.5, 0.6) is 5.75 Å². The highest BCUT2D eigenvalue weighted by molar-refractivity contribution is 5.90. The van der Waals surface area contributed by atoms with Gasteiger partial charge < -0.3 is 9.84 Å². The van der Waals surface area contributed by atoms with E-state index < -0.39 is 5.97 Å². The first-order valence-electron chi connectivity index (χ1n) is 7.63. The molecule has 4 heteroatoms. The molecule has 0 radical (unpaired) electrons. The van der Waals surface area contributed by atoms with Gasteiger partial charge in [-0.05, 0) is 44.5 Å². The Labute approximate surface area is 127 Å². The highest BCUT2D eigenvalue weighted by atomic mass is 16.5. The average molecular weight is 293 g/mol. The van der Waals surface area contributed by atoms with Gasteiger partial charge in [0.15, 0.2) is 0 Å². The van der Waals surface area contributed by atoms with E-state index in [-0.39, 0.29) is 5.56 Å². The van der Waals surface area contributed by atoms with Crippen LogP contribution >= 0.6 is 0 Å². The number of carbonyl (C=O) groups is 1. The van der Waals surface area contributed by atoms with Gasteiger partial charge >= 0.3 is 5.97 Å². The molecule has 0 spiro atoms. The second-order valence-corrected chi connectivity index (χ2v) is 5.61. The molecule has 1 rings (SSSR count). The number of nitrogens with zero attached hydrogens (tertiary/aromatic N) is 1. The van der Waals surface area contributed by atoms with Gasteiger partial charge in [-0.15, -0.1) is 0 Å². The highest BCUT2D eigenvalue weighted by Gasteiger charge is 2.14. The van der Waals surface area contributed by atoms with Crippen molar-refractivity contribution in [3.05, 3.63) is 29.3 Å². The molecule has 0 amide bonds. The van der Waals surface area contributed by atoms with Crippen LogP contribution < -0.4 is 4.74 Å². The van der Waals surface area contributed by atoms with Crippen molar-refractivity contribution >= 4 is 5.97 Å². The number of unbranched alkanes of at least 4 members (excludes halogenated alkanes) is 2. The number of carboxylic acid groups (broad SMARTS) is 1. The molecule has 4 nitrogen and oxygen atoms in total. The van der Waals surface area contributed by atoms with Gasteiger partial charge in [0, 0.05) is 12.6 Å². The predicted molar refractivity (Wildman–Crippen MR) is 85.0 cm³/mol. The zero-order valence-electron chi connectivity index (χ0n) is 13.6. The number of hydrogen-bond donors (Lipinski definition) is 1. The number of benzene rings is 1. The molecule has 1 aromatic rings. The second-order valence-electron chi connectivity index (χ2n) is 5.61. The molecule has 0 heterocycles. The van der Waals surface area contributed by atoms with Crippen molar-refractivity contribution in [1.29, 1.82) is 0 Å². The Balaban J connectivity index is 2.81. The quantitative estimate of drug-likeness (QED) is 0.704. The van der Waals surface area contributed by atoms with Crippen LogP contribution in [0.1, 0.15) is 56.0 Å².